The lowest BCUT2D eigenvalue weighted by Crippen LogP contribution is -2.31. The van der Waals surface area contributed by atoms with Crippen molar-refractivity contribution in [2.75, 3.05) is 0 Å². The Hall–Kier alpha value is -1.36. The fourth-order valence-electron chi connectivity index (χ4n) is 1.94. The largest absolute Gasteiger partial charge is 0.457 e. The molecule has 0 saturated heterocycles. The Bertz CT molecular complexity index is 375. The maximum Gasteiger partial charge on any atom is 0.330 e. The highest BCUT2D eigenvalue weighted by molar-refractivity contribution is 5.82. The summed E-state index contributed by atoms with van der Waals surface area (Å²) in [6, 6.07) is 0. The van der Waals surface area contributed by atoms with Crippen LogP contribution < -0.4 is 5.90 Å². The summed E-state index contributed by atoms with van der Waals surface area (Å²) in [5.41, 5.74) is -0.686. The van der Waals surface area contributed by atoms with Crippen molar-refractivity contribution in [2.24, 2.45) is 17.2 Å². The topological polar surface area (TPSA) is 78.6 Å². The zero-order valence-electron chi connectivity index (χ0n) is 16.1. The van der Waals surface area contributed by atoms with Crippen LogP contribution in [-0.2, 0) is 19.2 Å². The zero-order chi connectivity index (χ0) is 18.7. The molecule has 0 aromatic rings. The van der Waals surface area contributed by atoms with E-state index in [0.717, 1.165) is 6.42 Å². The first kappa shape index (κ1) is 23.9. The van der Waals surface area contributed by atoms with Crippen LogP contribution in [0.3, 0.4) is 0 Å². The highest BCUT2D eigenvalue weighted by atomic mass is 16.7. The van der Waals surface area contributed by atoms with Gasteiger partial charge in [0.25, 0.3) is 0 Å². The van der Waals surface area contributed by atoms with Gasteiger partial charge in [0, 0.05) is 6.08 Å². The molecule has 0 aliphatic carbocycles. The predicted molar refractivity (Wildman–Crippen MR) is 93.4 cm³/mol. The third kappa shape index (κ3) is 12.8. The van der Waals surface area contributed by atoms with E-state index in [1.54, 1.807) is 6.08 Å². The van der Waals surface area contributed by atoms with Crippen LogP contribution in [0.25, 0.3) is 0 Å². The number of carbonyl (C=O) groups excluding carboxylic acids is 2. The Balaban J connectivity index is 0. The lowest BCUT2D eigenvalue weighted by Gasteiger charge is -2.27. The fraction of sp³-hybridized carbons (Fsp3) is 0.778. The normalized spacial score (nSPS) is 13.1. The smallest absolute Gasteiger partial charge is 0.330 e. The second-order valence-electron chi connectivity index (χ2n) is 7.22. The molecule has 0 aromatic heterocycles. The molecule has 2 N–H and O–H groups in total. The number of hydrogen-bond donors (Lipinski definition) is 1. The Morgan fingerprint density at radius 3 is 2.00 bits per heavy atom. The van der Waals surface area contributed by atoms with Gasteiger partial charge in [0.05, 0.1) is 5.92 Å². The molecule has 0 amide bonds. The number of rotatable bonds is 6. The van der Waals surface area contributed by atoms with Gasteiger partial charge < -0.3 is 9.57 Å². The van der Waals surface area contributed by atoms with E-state index in [0.29, 0.717) is 12.8 Å². The number of carbonyl (C=O) groups is 2. The highest BCUT2D eigenvalue weighted by Crippen LogP contribution is 2.31. The summed E-state index contributed by atoms with van der Waals surface area (Å²) >= 11 is 0. The predicted octanol–water partition coefficient (Wildman–Crippen LogP) is 4.16. The highest BCUT2D eigenvalue weighted by Gasteiger charge is 2.31. The van der Waals surface area contributed by atoms with E-state index < -0.39 is 11.6 Å². The lowest BCUT2D eigenvalue weighted by molar-refractivity contribution is -0.153. The zero-order valence-corrected chi connectivity index (χ0v) is 16.1. The molecule has 0 bridgehead atoms. The van der Waals surface area contributed by atoms with Crippen LogP contribution in [0.1, 0.15) is 74.7 Å². The van der Waals surface area contributed by atoms with Gasteiger partial charge in [0.15, 0.2) is 0 Å². The third-order valence-electron chi connectivity index (χ3n) is 2.97. The summed E-state index contributed by atoms with van der Waals surface area (Å²) in [6.45, 7) is 15.4. The molecule has 0 aliphatic heterocycles. The minimum absolute atomic E-state index is 0.203. The Morgan fingerprint density at radius 1 is 1.09 bits per heavy atom. The molecule has 1 atom stereocenters. The molecule has 0 rings (SSSR count). The van der Waals surface area contributed by atoms with Gasteiger partial charge in [-0.25, -0.2) is 4.79 Å². The molecule has 0 unspecified atom stereocenters. The van der Waals surface area contributed by atoms with E-state index in [1.165, 1.54) is 6.08 Å². The van der Waals surface area contributed by atoms with E-state index in [2.05, 4.69) is 4.84 Å². The first-order chi connectivity index (χ1) is 10.5. The molecule has 0 aliphatic rings. The molecule has 0 spiro atoms. The van der Waals surface area contributed by atoms with E-state index in [4.69, 9.17) is 10.6 Å². The van der Waals surface area contributed by atoms with Gasteiger partial charge >= 0.3 is 11.9 Å². The number of allylic oxidation sites excluding steroid dienone is 1. The van der Waals surface area contributed by atoms with Gasteiger partial charge in [-0.15, -0.1) is 0 Å². The van der Waals surface area contributed by atoms with Crippen LogP contribution in [0, 0.1) is 11.3 Å². The van der Waals surface area contributed by atoms with Crippen molar-refractivity contribution in [3.63, 3.8) is 0 Å². The maximum absolute atomic E-state index is 11.6. The Kier molecular flexibility index (Phi) is 11.7. The van der Waals surface area contributed by atoms with Gasteiger partial charge in [0.1, 0.15) is 5.60 Å². The number of ether oxygens (including phenoxy) is 1. The third-order valence-corrected chi connectivity index (χ3v) is 2.97. The van der Waals surface area contributed by atoms with Gasteiger partial charge in [-0.1, -0.05) is 40.7 Å². The molecule has 136 valence electrons. The first-order valence-electron chi connectivity index (χ1n) is 8.27. The molecular formula is C18H35NO4. The van der Waals surface area contributed by atoms with E-state index in [9.17, 15) is 9.59 Å². The van der Waals surface area contributed by atoms with Crippen molar-refractivity contribution in [3.05, 3.63) is 12.2 Å². The Labute approximate surface area is 141 Å². The molecule has 0 saturated carbocycles. The number of hydrogen-bond acceptors (Lipinski definition) is 5. The average molecular weight is 329 g/mol. The summed E-state index contributed by atoms with van der Waals surface area (Å²) < 4.78 is 5.16. The van der Waals surface area contributed by atoms with Crippen molar-refractivity contribution in [1.29, 1.82) is 0 Å². The Morgan fingerprint density at radius 2 is 1.61 bits per heavy atom. The fourth-order valence-corrected chi connectivity index (χ4v) is 1.94. The van der Waals surface area contributed by atoms with Gasteiger partial charge in [-0.05, 0) is 45.4 Å². The SMILES string of the molecule is CC.CC(C)(C)OC(=O)/C=C/CCC[C@H](C(=O)ON)C(C)(C)C. The van der Waals surface area contributed by atoms with E-state index in [1.807, 2.05) is 55.4 Å². The van der Waals surface area contributed by atoms with Gasteiger partial charge in [-0.2, -0.15) is 5.90 Å². The molecule has 5 heteroatoms. The minimum Gasteiger partial charge on any atom is -0.457 e. The summed E-state index contributed by atoms with van der Waals surface area (Å²) in [5, 5.41) is 0. The van der Waals surface area contributed by atoms with Crippen LogP contribution in [0.5, 0.6) is 0 Å². The maximum atomic E-state index is 11.6. The van der Waals surface area contributed by atoms with Crippen LogP contribution in [0.15, 0.2) is 12.2 Å². The summed E-state index contributed by atoms with van der Waals surface area (Å²) in [6.07, 6.45) is 5.33. The average Bonchev–Trinajstić information content (AvgIpc) is 2.40. The molecular weight excluding hydrogens is 294 g/mol. The molecule has 23 heavy (non-hydrogen) atoms. The van der Waals surface area contributed by atoms with E-state index >= 15 is 0 Å². The number of esters is 1. The van der Waals surface area contributed by atoms with Crippen LogP contribution in [0.2, 0.25) is 0 Å². The number of unbranched alkanes of at least 4 members (excludes halogenated alkanes) is 1. The van der Waals surface area contributed by atoms with Crippen LogP contribution >= 0.6 is 0 Å². The standard InChI is InChI=1S/C16H29NO4.C2H6/c1-15(2,3)12(14(19)21-17)10-8-7-9-11-13(18)20-16(4,5)6;1-2/h9,11-12H,7-8,10,17H2,1-6H3;1-2H3/b11-9+;/t12-;/m1./s1. The summed E-state index contributed by atoms with van der Waals surface area (Å²) in [5.74, 6) is 3.98. The number of nitrogens with two attached hydrogens (primary N) is 1. The second kappa shape index (κ2) is 11.2. The second-order valence-corrected chi connectivity index (χ2v) is 7.22. The van der Waals surface area contributed by atoms with Crippen molar-refractivity contribution in [1.82, 2.24) is 0 Å². The molecule has 0 fully saturated rings. The van der Waals surface area contributed by atoms with Crippen molar-refractivity contribution in [2.45, 2.75) is 80.3 Å². The quantitative estimate of drug-likeness (QED) is 0.342. The minimum atomic E-state index is -0.483. The molecule has 5 nitrogen and oxygen atoms in total. The monoisotopic (exact) mass is 329 g/mol. The van der Waals surface area contributed by atoms with E-state index in [-0.39, 0.29) is 17.3 Å². The van der Waals surface area contributed by atoms with Crippen LogP contribution in [-0.4, -0.2) is 17.5 Å². The van der Waals surface area contributed by atoms with Crippen molar-refractivity contribution in [3.8, 4) is 0 Å². The summed E-state index contributed by atoms with van der Waals surface area (Å²) in [7, 11) is 0. The first-order valence-corrected chi connectivity index (χ1v) is 8.27. The molecule has 0 radical (unpaired) electrons. The van der Waals surface area contributed by atoms with Crippen molar-refractivity contribution >= 4 is 11.9 Å². The van der Waals surface area contributed by atoms with Gasteiger partial charge in [0.2, 0.25) is 0 Å². The summed E-state index contributed by atoms with van der Waals surface area (Å²) in [4.78, 5) is 27.5. The molecule has 0 heterocycles. The van der Waals surface area contributed by atoms with Crippen LogP contribution in [0.4, 0.5) is 0 Å². The lowest BCUT2D eigenvalue weighted by atomic mass is 9.78. The van der Waals surface area contributed by atoms with Gasteiger partial charge in [-0.3, -0.25) is 4.79 Å². The van der Waals surface area contributed by atoms with Crippen molar-refractivity contribution < 1.29 is 19.2 Å². The molecule has 0 aromatic carbocycles.